The maximum Gasteiger partial charge on any atom is 0.270 e. The molecule has 0 saturated heterocycles. The molecule has 27 heavy (non-hydrogen) atoms. The molecule has 9 heteroatoms. The normalized spacial score (nSPS) is 10.9. The summed E-state index contributed by atoms with van der Waals surface area (Å²) in [4.78, 5) is 37.2. The Morgan fingerprint density at radius 2 is 2.04 bits per heavy atom. The lowest BCUT2D eigenvalue weighted by atomic mass is 10.2. The number of nitrogens with one attached hydrogen (secondary N) is 1. The van der Waals surface area contributed by atoms with Gasteiger partial charge in [-0.1, -0.05) is 11.2 Å². The molecule has 0 aromatic carbocycles. The van der Waals surface area contributed by atoms with E-state index in [4.69, 9.17) is 4.52 Å². The molecule has 0 atom stereocenters. The van der Waals surface area contributed by atoms with Gasteiger partial charge in [-0.2, -0.15) is 4.98 Å². The first-order chi connectivity index (χ1) is 13.1. The van der Waals surface area contributed by atoms with E-state index in [1.54, 1.807) is 36.8 Å². The van der Waals surface area contributed by atoms with Crippen LogP contribution < -0.4 is 10.9 Å². The molecule has 0 fully saturated rings. The van der Waals surface area contributed by atoms with Crippen molar-refractivity contribution in [1.82, 2.24) is 29.8 Å². The lowest BCUT2D eigenvalue weighted by molar-refractivity contribution is 0.0944. The van der Waals surface area contributed by atoms with E-state index in [2.05, 4.69) is 25.4 Å². The van der Waals surface area contributed by atoms with Gasteiger partial charge in [0, 0.05) is 30.4 Å². The number of nitrogens with zero attached hydrogens (tertiary/aromatic N) is 5. The Hall–Kier alpha value is -3.88. The molecule has 0 aliphatic rings. The van der Waals surface area contributed by atoms with E-state index >= 15 is 0 Å². The first kappa shape index (κ1) is 16.6. The van der Waals surface area contributed by atoms with Crippen molar-refractivity contribution in [3.63, 3.8) is 0 Å². The van der Waals surface area contributed by atoms with Gasteiger partial charge in [-0.05, 0) is 30.7 Å². The molecule has 0 saturated carbocycles. The lowest BCUT2D eigenvalue weighted by Gasteiger charge is -2.05. The first-order valence-corrected chi connectivity index (χ1v) is 8.11. The summed E-state index contributed by atoms with van der Waals surface area (Å²) in [5, 5.41) is 6.46. The standard InChI is InChI=1S/C18H14N6O3/c1-11-2-3-14-20-8-13(18(26)24(14)10-11)17(25)21-9-15-22-16(23-27-15)12-4-6-19-7-5-12/h2-8,10H,9H2,1H3,(H,21,25). The van der Waals surface area contributed by atoms with Crippen LogP contribution >= 0.6 is 0 Å². The molecule has 0 aliphatic carbocycles. The summed E-state index contributed by atoms with van der Waals surface area (Å²) in [5.74, 6) is 0.0523. The fourth-order valence-electron chi connectivity index (χ4n) is 2.53. The zero-order chi connectivity index (χ0) is 18.8. The number of pyridine rings is 2. The van der Waals surface area contributed by atoms with Crippen molar-refractivity contribution in [2.45, 2.75) is 13.5 Å². The summed E-state index contributed by atoms with van der Waals surface area (Å²) in [6.45, 7) is 1.85. The molecular weight excluding hydrogens is 348 g/mol. The topological polar surface area (TPSA) is 115 Å². The highest BCUT2D eigenvalue weighted by Gasteiger charge is 2.15. The summed E-state index contributed by atoms with van der Waals surface area (Å²) in [5.41, 5.74) is 1.61. The summed E-state index contributed by atoms with van der Waals surface area (Å²) < 4.78 is 6.47. The molecule has 0 bridgehead atoms. The molecule has 0 aliphatic heterocycles. The minimum Gasteiger partial charge on any atom is -0.343 e. The highest BCUT2D eigenvalue weighted by molar-refractivity contribution is 5.93. The van der Waals surface area contributed by atoms with Crippen LogP contribution in [0, 0.1) is 6.92 Å². The highest BCUT2D eigenvalue weighted by Crippen LogP contribution is 2.13. The molecule has 4 aromatic heterocycles. The molecule has 9 nitrogen and oxygen atoms in total. The molecule has 4 aromatic rings. The molecule has 0 spiro atoms. The quantitative estimate of drug-likeness (QED) is 0.583. The predicted octanol–water partition coefficient (Wildman–Crippen LogP) is 1.38. The number of amides is 1. The third kappa shape index (κ3) is 3.30. The van der Waals surface area contributed by atoms with Crippen LogP contribution in [0.1, 0.15) is 21.8 Å². The minimum atomic E-state index is -0.563. The Bertz CT molecular complexity index is 1180. The number of carbonyl (C=O) groups excluding carboxylic acids is 1. The van der Waals surface area contributed by atoms with Crippen molar-refractivity contribution < 1.29 is 9.32 Å². The van der Waals surface area contributed by atoms with Crippen LogP contribution in [0.5, 0.6) is 0 Å². The second-order valence-corrected chi connectivity index (χ2v) is 5.84. The Balaban J connectivity index is 1.52. The zero-order valence-electron chi connectivity index (χ0n) is 14.3. The second kappa shape index (κ2) is 6.79. The van der Waals surface area contributed by atoms with Crippen LogP contribution in [0.3, 0.4) is 0 Å². The Labute approximate surface area is 152 Å². The molecule has 1 N–H and O–H groups in total. The first-order valence-electron chi connectivity index (χ1n) is 8.11. The monoisotopic (exact) mass is 362 g/mol. The zero-order valence-corrected chi connectivity index (χ0v) is 14.3. The highest BCUT2D eigenvalue weighted by atomic mass is 16.5. The molecule has 0 unspecified atom stereocenters. The van der Waals surface area contributed by atoms with Crippen molar-refractivity contribution in [2.75, 3.05) is 0 Å². The van der Waals surface area contributed by atoms with Gasteiger partial charge in [0.15, 0.2) is 0 Å². The van der Waals surface area contributed by atoms with Gasteiger partial charge in [0.1, 0.15) is 11.2 Å². The number of rotatable bonds is 4. The number of carbonyl (C=O) groups is 1. The van der Waals surface area contributed by atoms with Crippen molar-refractivity contribution in [3.8, 4) is 11.4 Å². The van der Waals surface area contributed by atoms with Gasteiger partial charge in [0.2, 0.25) is 11.7 Å². The van der Waals surface area contributed by atoms with Crippen molar-refractivity contribution >= 4 is 11.6 Å². The van der Waals surface area contributed by atoms with Crippen LogP contribution in [-0.4, -0.2) is 30.4 Å². The van der Waals surface area contributed by atoms with E-state index in [-0.39, 0.29) is 18.0 Å². The summed E-state index contributed by atoms with van der Waals surface area (Å²) >= 11 is 0. The van der Waals surface area contributed by atoms with E-state index < -0.39 is 11.5 Å². The Morgan fingerprint density at radius 3 is 2.85 bits per heavy atom. The van der Waals surface area contributed by atoms with Gasteiger partial charge in [-0.15, -0.1) is 0 Å². The van der Waals surface area contributed by atoms with Crippen LogP contribution in [0.15, 0.2) is 58.4 Å². The van der Waals surface area contributed by atoms with Crippen LogP contribution in [0.25, 0.3) is 17.0 Å². The number of aromatic nitrogens is 5. The molecule has 0 radical (unpaired) electrons. The van der Waals surface area contributed by atoms with E-state index in [1.165, 1.54) is 10.6 Å². The largest absolute Gasteiger partial charge is 0.343 e. The van der Waals surface area contributed by atoms with Gasteiger partial charge in [-0.3, -0.25) is 19.0 Å². The number of hydrogen-bond acceptors (Lipinski definition) is 7. The maximum atomic E-state index is 12.5. The maximum absolute atomic E-state index is 12.5. The van der Waals surface area contributed by atoms with Crippen LogP contribution in [0.4, 0.5) is 0 Å². The van der Waals surface area contributed by atoms with E-state index in [0.29, 0.717) is 11.5 Å². The molecule has 134 valence electrons. The number of fused-ring (bicyclic) bond motifs is 1. The van der Waals surface area contributed by atoms with Gasteiger partial charge in [-0.25, -0.2) is 4.98 Å². The van der Waals surface area contributed by atoms with Crippen molar-refractivity contribution in [2.24, 2.45) is 0 Å². The van der Waals surface area contributed by atoms with E-state index in [9.17, 15) is 9.59 Å². The molecule has 4 rings (SSSR count). The van der Waals surface area contributed by atoms with E-state index in [1.807, 2.05) is 13.0 Å². The third-order valence-corrected chi connectivity index (χ3v) is 3.90. The number of aryl methyl sites for hydroxylation is 1. The smallest absolute Gasteiger partial charge is 0.270 e. The van der Waals surface area contributed by atoms with Crippen molar-refractivity contribution in [3.05, 3.63) is 76.4 Å². The average Bonchev–Trinajstić information content (AvgIpc) is 3.17. The van der Waals surface area contributed by atoms with E-state index in [0.717, 1.165) is 11.1 Å². The average molecular weight is 362 g/mol. The fourth-order valence-corrected chi connectivity index (χ4v) is 2.53. The van der Waals surface area contributed by atoms with Crippen LogP contribution in [-0.2, 0) is 6.54 Å². The second-order valence-electron chi connectivity index (χ2n) is 5.84. The summed E-state index contributed by atoms with van der Waals surface area (Å²) in [6.07, 6.45) is 6.14. The van der Waals surface area contributed by atoms with Gasteiger partial charge < -0.3 is 9.84 Å². The Morgan fingerprint density at radius 1 is 1.22 bits per heavy atom. The van der Waals surface area contributed by atoms with Gasteiger partial charge >= 0.3 is 0 Å². The molecule has 4 heterocycles. The van der Waals surface area contributed by atoms with Crippen molar-refractivity contribution in [1.29, 1.82) is 0 Å². The SMILES string of the molecule is Cc1ccc2ncc(C(=O)NCc3nc(-c4ccncc4)no3)c(=O)n2c1. The third-order valence-electron chi connectivity index (χ3n) is 3.90. The molecular formula is C18H14N6O3. The van der Waals surface area contributed by atoms with Gasteiger partial charge in [0.25, 0.3) is 11.5 Å². The number of hydrogen-bond donors (Lipinski definition) is 1. The summed E-state index contributed by atoms with van der Waals surface area (Å²) in [7, 11) is 0. The molecule has 1 amide bonds. The van der Waals surface area contributed by atoms with Crippen LogP contribution in [0.2, 0.25) is 0 Å². The lowest BCUT2D eigenvalue weighted by Crippen LogP contribution is -2.31. The fraction of sp³-hybridized carbons (Fsp3) is 0.111. The minimum absolute atomic E-state index is 0.00707. The predicted molar refractivity (Wildman–Crippen MR) is 94.9 cm³/mol. The summed E-state index contributed by atoms with van der Waals surface area (Å²) in [6, 6.07) is 7.06. The Kier molecular flexibility index (Phi) is 4.17. The van der Waals surface area contributed by atoms with Gasteiger partial charge in [0.05, 0.1) is 6.54 Å².